The molecule has 0 saturated carbocycles. The van der Waals surface area contributed by atoms with Crippen LogP contribution in [-0.2, 0) is 4.74 Å². The molecule has 0 radical (unpaired) electrons. The second kappa shape index (κ2) is 19.8. The number of hydrogen-bond acceptors (Lipinski definition) is 8. The fourth-order valence-corrected chi connectivity index (χ4v) is 2.51. The summed E-state index contributed by atoms with van der Waals surface area (Å²) in [6.45, 7) is 11.8. The van der Waals surface area contributed by atoms with E-state index in [0.29, 0.717) is 5.56 Å². The number of piperazine rings is 1. The number of nitrogens with one attached hydrogen (secondary N) is 1. The lowest BCUT2D eigenvalue weighted by atomic mass is 10.2. The van der Waals surface area contributed by atoms with Crippen LogP contribution in [-0.4, -0.2) is 93.6 Å². The van der Waals surface area contributed by atoms with Gasteiger partial charge in [-0.2, -0.15) is 0 Å². The van der Waals surface area contributed by atoms with E-state index < -0.39 is 0 Å². The van der Waals surface area contributed by atoms with E-state index in [9.17, 15) is 4.79 Å². The molecule has 8 heteroatoms. The third kappa shape index (κ3) is 12.2. The number of likely N-dealkylation sites (N-methyl/N-ethyl adjacent to an activating group) is 1. The Kier molecular flexibility index (Phi) is 19.7. The second-order valence-corrected chi connectivity index (χ2v) is 5.84. The topological polar surface area (TPSA) is 94.5 Å². The van der Waals surface area contributed by atoms with E-state index in [0.717, 1.165) is 57.8 Å². The van der Waals surface area contributed by atoms with Crippen molar-refractivity contribution in [1.82, 2.24) is 9.80 Å². The molecule has 1 aromatic carbocycles. The lowest BCUT2D eigenvalue weighted by Gasteiger charge is -2.32. The number of methoxy groups -OCH3 is 2. The fourth-order valence-electron chi connectivity index (χ4n) is 2.51. The van der Waals surface area contributed by atoms with Gasteiger partial charge in [0, 0.05) is 53.3 Å². The molecule has 1 aliphatic heterocycles. The van der Waals surface area contributed by atoms with E-state index in [4.69, 9.17) is 19.7 Å². The highest BCUT2D eigenvalue weighted by molar-refractivity contribution is 5.91. The van der Waals surface area contributed by atoms with Crippen LogP contribution in [0.1, 0.15) is 31.1 Å². The summed E-state index contributed by atoms with van der Waals surface area (Å²) in [7, 11) is 6.16. The molecular weight excluding hydrogens is 386 g/mol. The minimum atomic E-state index is -0.343. The van der Waals surface area contributed by atoms with Crippen molar-refractivity contribution in [2.75, 3.05) is 73.0 Å². The van der Waals surface area contributed by atoms with Crippen molar-refractivity contribution in [3.05, 3.63) is 23.8 Å². The van der Waals surface area contributed by atoms with Gasteiger partial charge in [0.1, 0.15) is 11.9 Å². The van der Waals surface area contributed by atoms with Gasteiger partial charge >= 0.3 is 5.97 Å². The predicted molar refractivity (Wildman–Crippen MR) is 122 cm³/mol. The number of ether oxygens (including phenoxy) is 2. The Hall–Kier alpha value is -2.47. The summed E-state index contributed by atoms with van der Waals surface area (Å²) in [4.78, 5) is 16.4. The van der Waals surface area contributed by atoms with E-state index in [1.165, 1.54) is 7.11 Å². The van der Waals surface area contributed by atoms with Gasteiger partial charge in [0.15, 0.2) is 0 Å². The molecule has 1 heterocycles. The molecule has 0 unspecified atom stereocenters. The van der Waals surface area contributed by atoms with Crippen molar-refractivity contribution < 1.29 is 24.5 Å². The molecule has 1 saturated heterocycles. The van der Waals surface area contributed by atoms with Crippen LogP contribution in [0.4, 0.5) is 5.69 Å². The number of aliphatic hydroxyl groups is 2. The molecule has 3 N–H and O–H groups in total. The smallest absolute Gasteiger partial charge is 0.337 e. The number of aliphatic hydroxyl groups excluding tert-OH is 2. The molecule has 0 aromatic heterocycles. The number of carbonyl (C=O) groups excluding carboxylic acids is 1. The number of esters is 1. The van der Waals surface area contributed by atoms with Gasteiger partial charge in [-0.3, -0.25) is 4.90 Å². The average molecular weight is 426 g/mol. The highest BCUT2D eigenvalue weighted by atomic mass is 16.5. The van der Waals surface area contributed by atoms with Crippen molar-refractivity contribution in [2.24, 2.45) is 0 Å². The number of anilines is 1. The van der Waals surface area contributed by atoms with Gasteiger partial charge in [-0.05, 0) is 25.2 Å². The maximum Gasteiger partial charge on any atom is 0.337 e. The van der Waals surface area contributed by atoms with E-state index >= 15 is 0 Å². The first-order valence-corrected chi connectivity index (χ1v) is 9.97. The Morgan fingerprint density at radius 3 is 2.20 bits per heavy atom. The van der Waals surface area contributed by atoms with Crippen LogP contribution >= 0.6 is 0 Å². The standard InChI is InChI=1S/C16H25N3O3.C3H4O.C2H6.CH4O/c1-18-8-10-19(11-9-18)7-6-17-14-12-13(16(20)22-3)4-5-15(14)21-2;1-2-3-4;2*1-2/h4-5,12,17H,6-11H2,1-3H3;4H,1H3;1-2H3;2H,1H3. The Bertz CT molecular complexity index is 615. The van der Waals surface area contributed by atoms with Gasteiger partial charge in [-0.15, -0.1) is 0 Å². The van der Waals surface area contributed by atoms with Crippen molar-refractivity contribution in [3.8, 4) is 17.8 Å². The monoisotopic (exact) mass is 425 g/mol. The van der Waals surface area contributed by atoms with Crippen LogP contribution in [0.2, 0.25) is 0 Å². The lowest BCUT2D eigenvalue weighted by Crippen LogP contribution is -2.45. The van der Waals surface area contributed by atoms with Crippen LogP contribution in [0.15, 0.2) is 18.2 Å². The number of benzene rings is 1. The first-order valence-electron chi connectivity index (χ1n) is 9.97. The summed E-state index contributed by atoms with van der Waals surface area (Å²) in [5.74, 6) is 2.62. The predicted octanol–water partition coefficient (Wildman–Crippen LogP) is 2.12. The van der Waals surface area contributed by atoms with E-state index in [1.54, 1.807) is 38.3 Å². The molecule has 8 nitrogen and oxygen atoms in total. The maximum atomic E-state index is 11.6. The number of hydrogen-bond donors (Lipinski definition) is 3. The normalized spacial score (nSPS) is 12.8. The van der Waals surface area contributed by atoms with Gasteiger partial charge in [0.2, 0.25) is 0 Å². The first-order chi connectivity index (χ1) is 14.5. The SMILES string of the molecule is CC.CC#CO.CO.COC(=O)c1ccc(OC)c(NCCN2CCN(C)CC2)c1. The molecular formula is C22H39N3O5. The molecule has 30 heavy (non-hydrogen) atoms. The largest absolute Gasteiger partial charge is 0.495 e. The van der Waals surface area contributed by atoms with E-state index in [2.05, 4.69) is 28.1 Å². The molecule has 1 fully saturated rings. The maximum absolute atomic E-state index is 11.6. The zero-order valence-corrected chi connectivity index (χ0v) is 19.5. The molecule has 0 aliphatic carbocycles. The van der Waals surface area contributed by atoms with Gasteiger partial charge in [-0.25, -0.2) is 4.79 Å². The van der Waals surface area contributed by atoms with Gasteiger partial charge in [-0.1, -0.05) is 19.8 Å². The lowest BCUT2D eigenvalue weighted by molar-refractivity contribution is 0.0600. The first kappa shape index (κ1) is 29.7. The van der Waals surface area contributed by atoms with E-state index in [1.807, 2.05) is 13.8 Å². The number of rotatable bonds is 6. The van der Waals surface area contributed by atoms with Gasteiger partial charge in [0.05, 0.1) is 25.5 Å². The Labute approximate surface area is 181 Å². The number of nitrogens with zero attached hydrogens (tertiary/aromatic N) is 2. The fraction of sp³-hybridized carbons (Fsp3) is 0.591. The summed E-state index contributed by atoms with van der Waals surface area (Å²) in [6.07, 6.45) is 1.68. The van der Waals surface area contributed by atoms with Crippen LogP contribution < -0.4 is 10.1 Å². The van der Waals surface area contributed by atoms with Crippen LogP contribution in [0.5, 0.6) is 5.75 Å². The van der Waals surface area contributed by atoms with Crippen LogP contribution in [0, 0.1) is 12.0 Å². The highest BCUT2D eigenvalue weighted by Crippen LogP contribution is 2.25. The minimum Gasteiger partial charge on any atom is -0.495 e. The van der Waals surface area contributed by atoms with Crippen molar-refractivity contribution in [3.63, 3.8) is 0 Å². The van der Waals surface area contributed by atoms with Crippen LogP contribution in [0.25, 0.3) is 0 Å². The molecule has 0 amide bonds. The zero-order valence-electron chi connectivity index (χ0n) is 19.5. The molecule has 2 rings (SSSR count). The van der Waals surface area contributed by atoms with Gasteiger partial charge < -0.3 is 29.9 Å². The summed E-state index contributed by atoms with van der Waals surface area (Å²) < 4.78 is 10.1. The summed E-state index contributed by atoms with van der Waals surface area (Å²) in [6, 6.07) is 5.26. The third-order valence-electron chi connectivity index (χ3n) is 4.07. The Morgan fingerprint density at radius 1 is 1.17 bits per heavy atom. The zero-order chi connectivity index (χ0) is 23.4. The summed E-state index contributed by atoms with van der Waals surface area (Å²) in [5.41, 5.74) is 1.34. The third-order valence-corrected chi connectivity index (χ3v) is 4.07. The molecule has 0 bridgehead atoms. The van der Waals surface area contributed by atoms with E-state index in [-0.39, 0.29) is 5.97 Å². The number of carbonyl (C=O) groups is 1. The molecule has 0 spiro atoms. The Balaban J connectivity index is 0. The Morgan fingerprint density at radius 2 is 1.73 bits per heavy atom. The average Bonchev–Trinajstić information content (AvgIpc) is 2.82. The molecule has 1 aromatic rings. The summed E-state index contributed by atoms with van der Waals surface area (Å²) in [5, 5.41) is 17.9. The summed E-state index contributed by atoms with van der Waals surface area (Å²) >= 11 is 0. The quantitative estimate of drug-likeness (QED) is 0.471. The molecule has 172 valence electrons. The molecule has 0 atom stereocenters. The molecule has 1 aliphatic rings. The van der Waals surface area contributed by atoms with Gasteiger partial charge in [0.25, 0.3) is 0 Å². The van der Waals surface area contributed by atoms with Crippen molar-refractivity contribution >= 4 is 11.7 Å². The highest BCUT2D eigenvalue weighted by Gasteiger charge is 2.14. The van der Waals surface area contributed by atoms with Crippen molar-refractivity contribution in [2.45, 2.75) is 20.8 Å². The second-order valence-electron chi connectivity index (χ2n) is 5.84. The van der Waals surface area contributed by atoms with Crippen molar-refractivity contribution in [1.29, 1.82) is 0 Å². The van der Waals surface area contributed by atoms with Crippen LogP contribution in [0.3, 0.4) is 0 Å². The minimum absolute atomic E-state index is 0.343.